The third kappa shape index (κ3) is 2.85. The van der Waals surface area contributed by atoms with E-state index in [-0.39, 0.29) is 13.2 Å². The first-order chi connectivity index (χ1) is 9.65. The molecular formula is C14H18ClN3O2. The summed E-state index contributed by atoms with van der Waals surface area (Å²) >= 11 is 5.89. The Bertz CT molecular complexity index is 550. The van der Waals surface area contributed by atoms with Crippen LogP contribution in [0.3, 0.4) is 0 Å². The lowest BCUT2D eigenvalue weighted by Gasteiger charge is -2.30. The number of halogens is 1. The van der Waals surface area contributed by atoms with E-state index in [2.05, 4.69) is 10.1 Å². The van der Waals surface area contributed by atoms with E-state index >= 15 is 0 Å². The molecule has 108 valence electrons. The number of benzene rings is 1. The molecule has 6 heteroatoms. The number of nitrogens with zero attached hydrogens (tertiary/aromatic N) is 3. The first-order valence-electron chi connectivity index (χ1n) is 6.49. The predicted molar refractivity (Wildman–Crippen MR) is 76.7 cm³/mol. The van der Waals surface area contributed by atoms with Crippen molar-refractivity contribution in [3.63, 3.8) is 0 Å². The first kappa shape index (κ1) is 15.0. The number of rotatable bonds is 6. The molecule has 1 aromatic heterocycles. The molecule has 2 rings (SSSR count). The van der Waals surface area contributed by atoms with E-state index in [0.29, 0.717) is 18.0 Å². The van der Waals surface area contributed by atoms with Gasteiger partial charge in [-0.2, -0.15) is 5.10 Å². The largest absolute Gasteiger partial charge is 0.395 e. The smallest absolute Gasteiger partial charge is 0.138 e. The maximum Gasteiger partial charge on any atom is 0.138 e. The second kappa shape index (κ2) is 6.35. The number of aromatic nitrogens is 3. The number of aliphatic hydroxyl groups is 2. The molecule has 0 saturated heterocycles. The second-order valence-electron chi connectivity index (χ2n) is 4.77. The van der Waals surface area contributed by atoms with Crippen LogP contribution >= 0.6 is 11.6 Å². The Morgan fingerprint density at radius 2 is 1.85 bits per heavy atom. The van der Waals surface area contributed by atoms with E-state index < -0.39 is 5.41 Å². The summed E-state index contributed by atoms with van der Waals surface area (Å²) in [6.07, 6.45) is 1.90. The molecule has 2 N–H and O–H groups in total. The molecule has 2 aromatic rings. The second-order valence-corrected chi connectivity index (χ2v) is 5.21. The molecule has 0 radical (unpaired) electrons. The average Bonchev–Trinajstić information content (AvgIpc) is 2.93. The van der Waals surface area contributed by atoms with Crippen molar-refractivity contribution in [2.45, 2.75) is 25.3 Å². The Balaban J connectivity index is 2.36. The first-order valence-corrected chi connectivity index (χ1v) is 6.87. The number of hydrogen-bond acceptors (Lipinski definition) is 4. The quantitative estimate of drug-likeness (QED) is 0.845. The molecule has 0 aliphatic carbocycles. The highest BCUT2D eigenvalue weighted by molar-refractivity contribution is 6.30. The molecule has 0 atom stereocenters. The average molecular weight is 296 g/mol. The Kier molecular flexibility index (Phi) is 4.75. The minimum absolute atomic E-state index is 0.179. The van der Waals surface area contributed by atoms with Crippen molar-refractivity contribution in [3.05, 3.63) is 47.0 Å². The monoisotopic (exact) mass is 295 g/mol. The third-order valence-corrected chi connectivity index (χ3v) is 3.81. The number of aryl methyl sites for hydroxylation is 1. The molecule has 0 saturated carbocycles. The summed E-state index contributed by atoms with van der Waals surface area (Å²) in [6, 6.07) is 7.14. The third-order valence-electron chi connectivity index (χ3n) is 3.55. The maximum absolute atomic E-state index is 9.81. The van der Waals surface area contributed by atoms with E-state index in [1.807, 2.05) is 19.1 Å². The zero-order chi connectivity index (χ0) is 14.6. The molecule has 0 amide bonds. The van der Waals surface area contributed by atoms with Gasteiger partial charge in [0.05, 0.1) is 13.2 Å². The molecule has 0 aliphatic heterocycles. The van der Waals surface area contributed by atoms with Gasteiger partial charge in [0.15, 0.2) is 0 Å². The van der Waals surface area contributed by atoms with Gasteiger partial charge in [0.2, 0.25) is 0 Å². The molecule has 1 aromatic carbocycles. The van der Waals surface area contributed by atoms with Gasteiger partial charge in [0.1, 0.15) is 12.2 Å². The van der Waals surface area contributed by atoms with Gasteiger partial charge in [-0.1, -0.05) is 23.7 Å². The van der Waals surface area contributed by atoms with Crippen LogP contribution in [0.15, 0.2) is 30.6 Å². The van der Waals surface area contributed by atoms with E-state index in [0.717, 1.165) is 11.4 Å². The topological polar surface area (TPSA) is 71.2 Å². The highest BCUT2D eigenvalue weighted by Crippen LogP contribution is 2.28. The van der Waals surface area contributed by atoms with Crippen LogP contribution in [-0.4, -0.2) is 38.2 Å². The minimum atomic E-state index is -0.787. The summed E-state index contributed by atoms with van der Waals surface area (Å²) in [5.41, 5.74) is 0.0439. The highest BCUT2D eigenvalue weighted by atomic mass is 35.5. The predicted octanol–water partition coefficient (Wildman–Crippen LogP) is 1.42. The molecule has 0 unspecified atom stereocenters. The summed E-state index contributed by atoms with van der Waals surface area (Å²) in [5, 5.41) is 24.4. The van der Waals surface area contributed by atoms with E-state index in [1.165, 1.54) is 6.33 Å². The van der Waals surface area contributed by atoms with Gasteiger partial charge in [-0.05, 0) is 24.6 Å². The maximum atomic E-state index is 9.81. The Labute approximate surface area is 122 Å². The molecule has 1 heterocycles. The number of aliphatic hydroxyl groups excluding tert-OH is 2. The van der Waals surface area contributed by atoms with Gasteiger partial charge >= 0.3 is 0 Å². The molecule has 0 fully saturated rings. The normalized spacial score (nSPS) is 11.8. The van der Waals surface area contributed by atoms with Crippen LogP contribution in [0.5, 0.6) is 0 Å². The van der Waals surface area contributed by atoms with Crippen LogP contribution < -0.4 is 0 Å². The molecular weight excluding hydrogens is 278 g/mol. The standard InChI is InChI=1S/C14H18ClN3O2/c1-2-18-13(16-10-17-18)7-14(8-19,9-20)11-3-5-12(15)6-4-11/h3-6,10,19-20H,2,7-9H2,1H3. The van der Waals surface area contributed by atoms with Gasteiger partial charge in [0.25, 0.3) is 0 Å². The van der Waals surface area contributed by atoms with Gasteiger partial charge < -0.3 is 10.2 Å². The summed E-state index contributed by atoms with van der Waals surface area (Å²) in [7, 11) is 0. The van der Waals surface area contributed by atoms with Crippen LogP contribution in [-0.2, 0) is 18.4 Å². The SMILES string of the molecule is CCn1ncnc1CC(CO)(CO)c1ccc(Cl)cc1. The van der Waals surface area contributed by atoms with Crippen LogP contribution in [0.4, 0.5) is 0 Å². The fourth-order valence-corrected chi connectivity index (χ4v) is 2.37. The molecule has 20 heavy (non-hydrogen) atoms. The minimum Gasteiger partial charge on any atom is -0.395 e. The highest BCUT2D eigenvalue weighted by Gasteiger charge is 2.33. The van der Waals surface area contributed by atoms with Crippen LogP contribution in [0.1, 0.15) is 18.3 Å². The zero-order valence-electron chi connectivity index (χ0n) is 11.3. The molecule has 0 aliphatic rings. The van der Waals surface area contributed by atoms with Crippen molar-refractivity contribution in [1.82, 2.24) is 14.8 Å². The van der Waals surface area contributed by atoms with Crippen molar-refractivity contribution >= 4 is 11.6 Å². The fraction of sp³-hybridized carbons (Fsp3) is 0.429. The van der Waals surface area contributed by atoms with Gasteiger partial charge in [-0.3, -0.25) is 4.68 Å². The Hall–Kier alpha value is -1.43. The lowest BCUT2D eigenvalue weighted by atomic mass is 9.78. The van der Waals surface area contributed by atoms with Crippen LogP contribution in [0.25, 0.3) is 0 Å². The summed E-state index contributed by atoms with van der Waals surface area (Å²) in [6.45, 7) is 2.31. The Morgan fingerprint density at radius 3 is 2.40 bits per heavy atom. The van der Waals surface area contributed by atoms with E-state index in [4.69, 9.17) is 11.6 Å². The van der Waals surface area contributed by atoms with Crippen LogP contribution in [0, 0.1) is 0 Å². The Morgan fingerprint density at radius 1 is 1.20 bits per heavy atom. The van der Waals surface area contributed by atoms with Crippen molar-refractivity contribution in [3.8, 4) is 0 Å². The van der Waals surface area contributed by atoms with Crippen molar-refractivity contribution < 1.29 is 10.2 Å². The van der Waals surface area contributed by atoms with Gasteiger partial charge in [-0.15, -0.1) is 0 Å². The molecule has 0 spiro atoms. The van der Waals surface area contributed by atoms with Gasteiger partial charge in [-0.25, -0.2) is 4.98 Å². The number of hydrogen-bond donors (Lipinski definition) is 2. The van der Waals surface area contributed by atoms with E-state index in [1.54, 1.807) is 16.8 Å². The van der Waals surface area contributed by atoms with Crippen molar-refractivity contribution in [1.29, 1.82) is 0 Å². The fourth-order valence-electron chi connectivity index (χ4n) is 2.24. The molecule has 5 nitrogen and oxygen atoms in total. The van der Waals surface area contributed by atoms with E-state index in [9.17, 15) is 10.2 Å². The zero-order valence-corrected chi connectivity index (χ0v) is 12.1. The van der Waals surface area contributed by atoms with Crippen LogP contribution in [0.2, 0.25) is 5.02 Å². The van der Waals surface area contributed by atoms with Crippen molar-refractivity contribution in [2.24, 2.45) is 0 Å². The lowest BCUT2D eigenvalue weighted by Crippen LogP contribution is -2.38. The lowest BCUT2D eigenvalue weighted by molar-refractivity contribution is 0.113. The molecule has 0 bridgehead atoms. The van der Waals surface area contributed by atoms with Crippen molar-refractivity contribution in [2.75, 3.05) is 13.2 Å². The summed E-state index contributed by atoms with van der Waals surface area (Å²) in [4.78, 5) is 4.21. The summed E-state index contributed by atoms with van der Waals surface area (Å²) in [5.74, 6) is 0.741. The summed E-state index contributed by atoms with van der Waals surface area (Å²) < 4.78 is 1.76. The van der Waals surface area contributed by atoms with Gasteiger partial charge in [0, 0.05) is 23.4 Å².